The first-order chi connectivity index (χ1) is 14.2. The molecule has 1 fully saturated rings. The number of hydrogen-bond donors (Lipinski definition) is 1. The fourth-order valence-electron chi connectivity index (χ4n) is 4.10. The molecule has 0 radical (unpaired) electrons. The lowest BCUT2D eigenvalue weighted by Gasteiger charge is -2.15. The molecule has 4 nitrogen and oxygen atoms in total. The van der Waals surface area contributed by atoms with Gasteiger partial charge in [0.25, 0.3) is 0 Å². The minimum atomic E-state index is -0.366. The molecule has 146 valence electrons. The van der Waals surface area contributed by atoms with E-state index in [2.05, 4.69) is 36.4 Å². The van der Waals surface area contributed by atoms with Crippen LogP contribution in [-0.2, 0) is 23.2 Å². The van der Waals surface area contributed by atoms with Crippen molar-refractivity contribution in [2.45, 2.75) is 31.2 Å². The monoisotopic (exact) mass is 385 g/mol. The van der Waals surface area contributed by atoms with Crippen LogP contribution in [0, 0.1) is 0 Å². The lowest BCUT2D eigenvalue weighted by atomic mass is 9.87. The number of benzene rings is 3. The Kier molecular flexibility index (Phi) is 4.36. The topological polar surface area (TPSA) is 61.6 Å². The SMILES string of the molecule is NCc1cccc(-c2ccc(CC(=O)C3(c4ccc5c(c4)OCO5)CC3)cc2)c1. The first-order valence-electron chi connectivity index (χ1n) is 10.00. The summed E-state index contributed by atoms with van der Waals surface area (Å²) < 4.78 is 10.9. The third-order valence-corrected chi connectivity index (χ3v) is 6.02. The van der Waals surface area contributed by atoms with Gasteiger partial charge in [0.05, 0.1) is 5.41 Å². The van der Waals surface area contributed by atoms with E-state index in [-0.39, 0.29) is 18.0 Å². The van der Waals surface area contributed by atoms with Gasteiger partial charge in [-0.2, -0.15) is 0 Å². The number of carbonyl (C=O) groups is 1. The largest absolute Gasteiger partial charge is 0.454 e. The van der Waals surface area contributed by atoms with Crippen molar-refractivity contribution in [2.24, 2.45) is 5.73 Å². The van der Waals surface area contributed by atoms with Crippen molar-refractivity contribution in [3.05, 3.63) is 83.4 Å². The molecule has 5 rings (SSSR count). The van der Waals surface area contributed by atoms with Crippen molar-refractivity contribution in [1.29, 1.82) is 0 Å². The molecule has 1 aliphatic carbocycles. The Morgan fingerprint density at radius 1 is 0.862 bits per heavy atom. The molecule has 1 aliphatic heterocycles. The molecule has 0 unspecified atom stereocenters. The third kappa shape index (κ3) is 3.30. The molecule has 3 aromatic rings. The van der Waals surface area contributed by atoms with Gasteiger partial charge in [0.2, 0.25) is 6.79 Å². The highest BCUT2D eigenvalue weighted by Gasteiger charge is 2.50. The second-order valence-corrected chi connectivity index (χ2v) is 7.85. The first kappa shape index (κ1) is 18.0. The standard InChI is InChI=1S/C25H23NO3/c26-15-18-2-1-3-20(12-18)19-6-4-17(5-7-19)13-24(27)25(10-11-25)21-8-9-22-23(14-21)29-16-28-22/h1-9,12,14H,10-11,13,15-16,26H2. The van der Waals surface area contributed by atoms with E-state index in [1.807, 2.05) is 30.3 Å². The second-order valence-electron chi connectivity index (χ2n) is 7.85. The summed E-state index contributed by atoms with van der Waals surface area (Å²) >= 11 is 0. The number of fused-ring (bicyclic) bond motifs is 1. The van der Waals surface area contributed by atoms with Crippen molar-refractivity contribution in [2.75, 3.05) is 6.79 Å². The van der Waals surface area contributed by atoms with Crippen molar-refractivity contribution >= 4 is 5.78 Å². The zero-order chi connectivity index (χ0) is 19.8. The number of ether oxygens (including phenoxy) is 2. The summed E-state index contributed by atoms with van der Waals surface area (Å²) in [7, 11) is 0. The van der Waals surface area contributed by atoms with Gasteiger partial charge in [-0.3, -0.25) is 4.79 Å². The normalized spacial score (nSPS) is 15.9. The zero-order valence-electron chi connectivity index (χ0n) is 16.2. The highest BCUT2D eigenvalue weighted by molar-refractivity contribution is 5.94. The quantitative estimate of drug-likeness (QED) is 0.684. The third-order valence-electron chi connectivity index (χ3n) is 6.02. The predicted molar refractivity (Wildman–Crippen MR) is 112 cm³/mol. The van der Waals surface area contributed by atoms with Crippen molar-refractivity contribution in [3.63, 3.8) is 0 Å². The lowest BCUT2D eigenvalue weighted by Crippen LogP contribution is -2.22. The molecule has 0 bridgehead atoms. The number of nitrogens with two attached hydrogens (primary N) is 1. The molecule has 4 heteroatoms. The van der Waals surface area contributed by atoms with E-state index in [0.717, 1.165) is 52.2 Å². The molecule has 0 spiro atoms. The van der Waals surface area contributed by atoms with E-state index in [1.54, 1.807) is 0 Å². The van der Waals surface area contributed by atoms with Crippen LogP contribution >= 0.6 is 0 Å². The lowest BCUT2D eigenvalue weighted by molar-refractivity contribution is -0.120. The van der Waals surface area contributed by atoms with Crippen LogP contribution in [0.3, 0.4) is 0 Å². The summed E-state index contributed by atoms with van der Waals surface area (Å²) in [6, 6.07) is 22.4. The Hall–Kier alpha value is -3.11. The van der Waals surface area contributed by atoms with Gasteiger partial charge in [-0.15, -0.1) is 0 Å². The molecular weight excluding hydrogens is 362 g/mol. The van der Waals surface area contributed by atoms with Crippen molar-refractivity contribution in [3.8, 4) is 22.6 Å². The molecular formula is C25H23NO3. The van der Waals surface area contributed by atoms with Crippen LogP contribution in [0.5, 0.6) is 11.5 Å². The van der Waals surface area contributed by atoms with Crippen LogP contribution in [0.2, 0.25) is 0 Å². The van der Waals surface area contributed by atoms with Crippen LogP contribution < -0.4 is 15.2 Å². The Balaban J connectivity index is 1.33. The molecule has 2 N–H and O–H groups in total. The second kappa shape index (κ2) is 7.05. The predicted octanol–water partition coefficient (Wildman–Crippen LogP) is 4.38. The van der Waals surface area contributed by atoms with Gasteiger partial charge >= 0.3 is 0 Å². The number of Topliss-reactive ketones (excluding diaryl/α,β-unsaturated/α-hetero) is 1. The molecule has 0 aromatic heterocycles. The maximum Gasteiger partial charge on any atom is 0.231 e. The van der Waals surface area contributed by atoms with Gasteiger partial charge < -0.3 is 15.2 Å². The summed E-state index contributed by atoms with van der Waals surface area (Å²) in [5, 5.41) is 0. The molecule has 0 amide bonds. The average molecular weight is 385 g/mol. The Morgan fingerprint density at radius 3 is 2.41 bits per heavy atom. The van der Waals surface area contributed by atoms with Crippen LogP contribution in [0.25, 0.3) is 11.1 Å². The van der Waals surface area contributed by atoms with E-state index >= 15 is 0 Å². The zero-order valence-corrected chi connectivity index (χ0v) is 16.2. The van der Waals surface area contributed by atoms with Gasteiger partial charge in [-0.25, -0.2) is 0 Å². The van der Waals surface area contributed by atoms with Crippen LogP contribution in [0.4, 0.5) is 0 Å². The Labute approximate surface area is 170 Å². The van der Waals surface area contributed by atoms with Gasteiger partial charge in [0.1, 0.15) is 5.78 Å². The Bertz CT molecular complexity index is 1070. The molecule has 1 saturated carbocycles. The number of carbonyl (C=O) groups excluding carboxylic acids is 1. The summed E-state index contributed by atoms with van der Waals surface area (Å²) in [5.41, 5.74) is 10.9. The van der Waals surface area contributed by atoms with E-state index in [9.17, 15) is 4.79 Å². The van der Waals surface area contributed by atoms with Crippen molar-refractivity contribution in [1.82, 2.24) is 0 Å². The Morgan fingerprint density at radius 2 is 1.66 bits per heavy atom. The summed E-state index contributed by atoms with van der Waals surface area (Å²) in [6.45, 7) is 0.780. The number of rotatable bonds is 6. The van der Waals surface area contributed by atoms with Gasteiger partial charge in [-0.05, 0) is 58.9 Å². The van der Waals surface area contributed by atoms with Crippen LogP contribution in [-0.4, -0.2) is 12.6 Å². The molecule has 2 aliphatic rings. The fraction of sp³-hybridized carbons (Fsp3) is 0.240. The summed E-state index contributed by atoms with van der Waals surface area (Å²) in [5.74, 6) is 1.77. The van der Waals surface area contributed by atoms with Crippen LogP contribution in [0.15, 0.2) is 66.7 Å². The minimum absolute atomic E-state index is 0.250. The molecule has 1 heterocycles. The highest BCUT2D eigenvalue weighted by Crippen LogP contribution is 2.51. The molecule has 0 atom stereocenters. The molecule has 29 heavy (non-hydrogen) atoms. The molecule has 3 aromatic carbocycles. The minimum Gasteiger partial charge on any atom is -0.454 e. The number of ketones is 1. The maximum atomic E-state index is 13.1. The van der Waals surface area contributed by atoms with E-state index < -0.39 is 0 Å². The highest BCUT2D eigenvalue weighted by atomic mass is 16.7. The molecule has 0 saturated heterocycles. The average Bonchev–Trinajstić information content (AvgIpc) is 3.45. The van der Waals surface area contributed by atoms with Gasteiger partial charge in [0.15, 0.2) is 11.5 Å². The smallest absolute Gasteiger partial charge is 0.231 e. The van der Waals surface area contributed by atoms with Gasteiger partial charge in [0, 0.05) is 13.0 Å². The summed E-state index contributed by atoms with van der Waals surface area (Å²) in [6.07, 6.45) is 2.24. The van der Waals surface area contributed by atoms with E-state index in [4.69, 9.17) is 15.2 Å². The van der Waals surface area contributed by atoms with E-state index in [0.29, 0.717) is 13.0 Å². The first-order valence-corrected chi connectivity index (χ1v) is 10.00. The number of hydrogen-bond acceptors (Lipinski definition) is 4. The van der Waals surface area contributed by atoms with E-state index in [1.165, 1.54) is 0 Å². The maximum absolute atomic E-state index is 13.1. The van der Waals surface area contributed by atoms with Gasteiger partial charge in [-0.1, -0.05) is 48.5 Å². The fourth-order valence-corrected chi connectivity index (χ4v) is 4.10. The summed E-state index contributed by atoms with van der Waals surface area (Å²) in [4.78, 5) is 13.1. The van der Waals surface area contributed by atoms with Crippen molar-refractivity contribution < 1.29 is 14.3 Å². The van der Waals surface area contributed by atoms with Crippen LogP contribution in [0.1, 0.15) is 29.5 Å².